The van der Waals surface area contributed by atoms with Crippen molar-refractivity contribution >= 4 is 10.0 Å². The van der Waals surface area contributed by atoms with Crippen molar-refractivity contribution in [1.82, 2.24) is 10.0 Å². The summed E-state index contributed by atoms with van der Waals surface area (Å²) in [5.74, 6) is 0. The molecule has 82 valence electrons. The molecule has 1 fully saturated rings. The topological polar surface area (TPSA) is 58.2 Å². The Morgan fingerprint density at radius 2 is 2.00 bits per heavy atom. The van der Waals surface area contributed by atoms with Crippen LogP contribution in [0.3, 0.4) is 0 Å². The maximum absolute atomic E-state index is 11.9. The van der Waals surface area contributed by atoms with E-state index in [4.69, 9.17) is 0 Å². The van der Waals surface area contributed by atoms with Crippen LogP contribution in [0.5, 0.6) is 0 Å². The van der Waals surface area contributed by atoms with Gasteiger partial charge in [0, 0.05) is 19.1 Å². The van der Waals surface area contributed by atoms with Crippen LogP contribution in [0.2, 0.25) is 0 Å². The van der Waals surface area contributed by atoms with Crippen LogP contribution in [0.1, 0.15) is 5.56 Å². The molecule has 4 nitrogen and oxygen atoms in total. The summed E-state index contributed by atoms with van der Waals surface area (Å²) < 4.78 is 26.5. The number of rotatable bonds is 3. The van der Waals surface area contributed by atoms with Gasteiger partial charge >= 0.3 is 0 Å². The number of hydrogen-bond donors (Lipinski definition) is 2. The van der Waals surface area contributed by atoms with Crippen molar-refractivity contribution in [3.63, 3.8) is 0 Å². The lowest BCUT2D eigenvalue weighted by atomic mass is 10.2. The monoisotopic (exact) mass is 226 g/mol. The molecule has 0 bridgehead atoms. The van der Waals surface area contributed by atoms with Gasteiger partial charge in [0.15, 0.2) is 0 Å². The van der Waals surface area contributed by atoms with Crippen LogP contribution >= 0.6 is 0 Å². The summed E-state index contributed by atoms with van der Waals surface area (Å²) in [5.41, 5.74) is 0.775. The van der Waals surface area contributed by atoms with Gasteiger partial charge in [-0.2, -0.15) is 0 Å². The zero-order valence-corrected chi connectivity index (χ0v) is 9.34. The van der Waals surface area contributed by atoms with Crippen LogP contribution in [-0.4, -0.2) is 27.5 Å². The predicted molar refractivity (Wildman–Crippen MR) is 58.2 cm³/mol. The van der Waals surface area contributed by atoms with Crippen molar-refractivity contribution in [3.05, 3.63) is 29.8 Å². The van der Waals surface area contributed by atoms with Gasteiger partial charge < -0.3 is 5.32 Å². The minimum Gasteiger partial charge on any atom is -0.313 e. The summed E-state index contributed by atoms with van der Waals surface area (Å²) in [4.78, 5) is 0.372. The first kappa shape index (κ1) is 10.6. The van der Waals surface area contributed by atoms with E-state index in [0.717, 1.165) is 5.56 Å². The molecule has 1 aliphatic rings. The first-order valence-electron chi connectivity index (χ1n) is 4.88. The highest BCUT2D eigenvalue weighted by Gasteiger charge is 2.24. The molecule has 1 saturated heterocycles. The van der Waals surface area contributed by atoms with E-state index in [9.17, 15) is 8.42 Å². The Morgan fingerprint density at radius 3 is 2.53 bits per heavy atom. The molecular formula is C10H14N2O2S. The van der Waals surface area contributed by atoms with E-state index in [-0.39, 0.29) is 6.04 Å². The first-order valence-corrected chi connectivity index (χ1v) is 6.36. The van der Waals surface area contributed by atoms with Crippen LogP contribution in [0.25, 0.3) is 0 Å². The Bertz CT molecular complexity index is 452. The lowest BCUT2D eigenvalue weighted by molar-refractivity contribution is 0.410. The highest BCUT2D eigenvalue weighted by atomic mass is 32.2. The Morgan fingerprint density at radius 1 is 1.33 bits per heavy atom. The molecule has 0 radical (unpaired) electrons. The van der Waals surface area contributed by atoms with Crippen LogP contribution in [-0.2, 0) is 10.0 Å². The van der Waals surface area contributed by atoms with Gasteiger partial charge in [0.05, 0.1) is 4.90 Å². The molecule has 0 atom stereocenters. The number of benzene rings is 1. The van der Waals surface area contributed by atoms with Crippen molar-refractivity contribution in [2.75, 3.05) is 13.1 Å². The maximum Gasteiger partial charge on any atom is 0.241 e. The lowest BCUT2D eigenvalue weighted by Gasteiger charge is -2.27. The van der Waals surface area contributed by atoms with Gasteiger partial charge in [-0.25, -0.2) is 13.1 Å². The highest BCUT2D eigenvalue weighted by Crippen LogP contribution is 2.14. The Balaban J connectivity index is 2.24. The van der Waals surface area contributed by atoms with Crippen molar-refractivity contribution in [3.8, 4) is 0 Å². The Hall–Kier alpha value is -0.910. The molecule has 1 aliphatic heterocycles. The third-order valence-electron chi connectivity index (χ3n) is 2.49. The highest BCUT2D eigenvalue weighted by molar-refractivity contribution is 7.89. The van der Waals surface area contributed by atoms with Gasteiger partial charge in [-0.1, -0.05) is 18.2 Å². The lowest BCUT2D eigenvalue weighted by Crippen LogP contribution is -2.56. The molecule has 15 heavy (non-hydrogen) atoms. The van der Waals surface area contributed by atoms with Gasteiger partial charge in [-0.3, -0.25) is 0 Å². The van der Waals surface area contributed by atoms with E-state index < -0.39 is 10.0 Å². The summed E-state index contributed by atoms with van der Waals surface area (Å²) in [6, 6.07) is 7.03. The summed E-state index contributed by atoms with van der Waals surface area (Å²) in [7, 11) is -3.34. The summed E-state index contributed by atoms with van der Waals surface area (Å²) in [6.45, 7) is 3.23. The van der Waals surface area contributed by atoms with Gasteiger partial charge in [-0.05, 0) is 18.6 Å². The Labute approximate surface area is 89.7 Å². The van der Waals surface area contributed by atoms with E-state index >= 15 is 0 Å². The van der Waals surface area contributed by atoms with E-state index in [1.54, 1.807) is 25.1 Å². The molecule has 0 aliphatic carbocycles. The van der Waals surface area contributed by atoms with E-state index in [1.807, 2.05) is 6.07 Å². The number of hydrogen-bond acceptors (Lipinski definition) is 3. The second kappa shape index (κ2) is 3.92. The smallest absolute Gasteiger partial charge is 0.241 e. The van der Waals surface area contributed by atoms with Crippen LogP contribution in [0.15, 0.2) is 29.2 Å². The Kier molecular flexibility index (Phi) is 2.77. The molecule has 0 saturated carbocycles. The molecule has 1 heterocycles. The zero-order valence-electron chi connectivity index (χ0n) is 8.53. The SMILES string of the molecule is Cc1ccccc1S(=O)(=O)NC1CNC1. The number of nitrogens with one attached hydrogen (secondary N) is 2. The minimum absolute atomic E-state index is 0.0367. The van der Waals surface area contributed by atoms with E-state index in [1.165, 1.54) is 0 Å². The fourth-order valence-corrected chi connectivity index (χ4v) is 2.99. The first-order chi connectivity index (χ1) is 7.09. The number of aryl methyl sites for hydroxylation is 1. The molecular weight excluding hydrogens is 212 g/mol. The second-order valence-electron chi connectivity index (χ2n) is 3.74. The van der Waals surface area contributed by atoms with Crippen molar-refractivity contribution in [2.24, 2.45) is 0 Å². The summed E-state index contributed by atoms with van der Waals surface area (Å²) in [5, 5.41) is 3.02. The minimum atomic E-state index is -3.34. The van der Waals surface area contributed by atoms with Crippen molar-refractivity contribution < 1.29 is 8.42 Å². The van der Waals surface area contributed by atoms with Crippen LogP contribution < -0.4 is 10.0 Å². The van der Waals surface area contributed by atoms with Crippen LogP contribution in [0, 0.1) is 6.92 Å². The standard InChI is InChI=1S/C10H14N2O2S/c1-8-4-2-3-5-10(8)15(13,14)12-9-6-11-7-9/h2-5,9,11-12H,6-7H2,1H3. The third kappa shape index (κ3) is 2.19. The average Bonchev–Trinajstić information content (AvgIpc) is 2.12. The molecule has 0 unspecified atom stereocenters. The third-order valence-corrected chi connectivity index (χ3v) is 4.17. The van der Waals surface area contributed by atoms with Gasteiger partial charge in [0.25, 0.3) is 0 Å². The quantitative estimate of drug-likeness (QED) is 0.776. The molecule has 1 aromatic rings. The van der Waals surface area contributed by atoms with E-state index in [2.05, 4.69) is 10.0 Å². The largest absolute Gasteiger partial charge is 0.313 e. The van der Waals surface area contributed by atoms with Gasteiger partial charge in [-0.15, -0.1) is 0 Å². The number of sulfonamides is 1. The van der Waals surface area contributed by atoms with Crippen molar-refractivity contribution in [2.45, 2.75) is 17.9 Å². The zero-order chi connectivity index (χ0) is 10.9. The maximum atomic E-state index is 11.9. The average molecular weight is 226 g/mol. The molecule has 0 spiro atoms. The second-order valence-corrected chi connectivity index (χ2v) is 5.42. The molecule has 1 aromatic carbocycles. The van der Waals surface area contributed by atoms with Gasteiger partial charge in [0.1, 0.15) is 0 Å². The predicted octanol–water partition coefficient (Wildman–Crippen LogP) is 0.245. The summed E-state index contributed by atoms with van der Waals surface area (Å²) in [6.07, 6.45) is 0. The summed E-state index contributed by atoms with van der Waals surface area (Å²) >= 11 is 0. The fraction of sp³-hybridized carbons (Fsp3) is 0.400. The molecule has 0 amide bonds. The molecule has 0 aromatic heterocycles. The van der Waals surface area contributed by atoms with Gasteiger partial charge in [0.2, 0.25) is 10.0 Å². The molecule has 5 heteroatoms. The fourth-order valence-electron chi connectivity index (χ4n) is 1.51. The van der Waals surface area contributed by atoms with Crippen molar-refractivity contribution in [1.29, 1.82) is 0 Å². The molecule has 2 rings (SSSR count). The van der Waals surface area contributed by atoms with E-state index in [0.29, 0.717) is 18.0 Å². The van der Waals surface area contributed by atoms with Crippen LogP contribution in [0.4, 0.5) is 0 Å². The normalized spacial score (nSPS) is 17.4. The molecule has 2 N–H and O–H groups in total.